The highest BCUT2D eigenvalue weighted by molar-refractivity contribution is 5.71. The number of nitriles is 1. The Balaban J connectivity index is 2.20. The maximum Gasteiger partial charge on any atom is 0.231 e. The number of fused-ring (bicyclic) bond motifs is 1. The molecule has 1 aliphatic rings. The van der Waals surface area contributed by atoms with E-state index in [1.54, 1.807) is 0 Å². The molecule has 4 heteroatoms. The first-order chi connectivity index (χ1) is 9.19. The van der Waals surface area contributed by atoms with E-state index in [0.29, 0.717) is 17.0 Å². The highest BCUT2D eigenvalue weighted by atomic mass is 16.7. The van der Waals surface area contributed by atoms with Gasteiger partial charge in [-0.1, -0.05) is 0 Å². The molecule has 2 heterocycles. The number of benzene rings is 1. The van der Waals surface area contributed by atoms with E-state index in [4.69, 9.17) is 9.47 Å². The number of aromatic nitrogens is 1. The molecule has 0 radical (unpaired) electrons. The summed E-state index contributed by atoms with van der Waals surface area (Å²) in [6, 6.07) is 9.74. The lowest BCUT2D eigenvalue weighted by Crippen LogP contribution is -1.95. The second-order valence-corrected chi connectivity index (χ2v) is 4.48. The molecule has 4 nitrogen and oxygen atoms in total. The molecule has 2 aromatic rings. The second-order valence-electron chi connectivity index (χ2n) is 4.48. The van der Waals surface area contributed by atoms with Crippen LogP contribution in [0.5, 0.6) is 11.5 Å². The summed E-state index contributed by atoms with van der Waals surface area (Å²) in [5.74, 6) is 1.42. The van der Waals surface area contributed by atoms with E-state index in [9.17, 15) is 5.26 Å². The summed E-state index contributed by atoms with van der Waals surface area (Å²) < 4.78 is 10.6. The van der Waals surface area contributed by atoms with Crippen LogP contribution >= 0.6 is 0 Å². The number of nitrogens with zero attached hydrogens (tertiary/aromatic N) is 2. The summed E-state index contributed by atoms with van der Waals surface area (Å²) in [6.07, 6.45) is 0. The third-order valence-corrected chi connectivity index (χ3v) is 3.10. The van der Waals surface area contributed by atoms with Crippen molar-refractivity contribution in [2.75, 3.05) is 6.79 Å². The summed E-state index contributed by atoms with van der Waals surface area (Å²) in [4.78, 5) is 4.48. The molecule has 1 aromatic carbocycles. The molecular formula is C15H12N2O2. The van der Waals surface area contributed by atoms with Crippen LogP contribution in [0.3, 0.4) is 0 Å². The lowest BCUT2D eigenvalue weighted by molar-refractivity contribution is 0.174. The summed E-state index contributed by atoms with van der Waals surface area (Å²) >= 11 is 0. The van der Waals surface area contributed by atoms with Gasteiger partial charge in [-0.3, -0.25) is 4.98 Å². The predicted octanol–water partition coefficient (Wildman–Crippen LogP) is 2.97. The first-order valence-electron chi connectivity index (χ1n) is 5.97. The molecule has 94 valence electrons. The van der Waals surface area contributed by atoms with Gasteiger partial charge in [-0.05, 0) is 43.7 Å². The van der Waals surface area contributed by atoms with Crippen molar-refractivity contribution in [1.82, 2.24) is 4.98 Å². The Morgan fingerprint density at radius 2 is 1.95 bits per heavy atom. The molecule has 1 aromatic heterocycles. The maximum absolute atomic E-state index is 9.30. The molecule has 0 aliphatic carbocycles. The molecular weight excluding hydrogens is 240 g/mol. The van der Waals surface area contributed by atoms with Crippen LogP contribution in [0, 0.1) is 25.2 Å². The molecule has 0 bridgehead atoms. The molecule has 0 unspecified atom stereocenters. The third kappa shape index (κ3) is 1.89. The topological polar surface area (TPSA) is 55.1 Å². The molecule has 0 saturated carbocycles. The zero-order valence-electron chi connectivity index (χ0n) is 10.7. The lowest BCUT2D eigenvalue weighted by Gasteiger charge is -2.08. The lowest BCUT2D eigenvalue weighted by atomic mass is 10.0. The van der Waals surface area contributed by atoms with Crippen molar-refractivity contribution in [3.8, 4) is 28.8 Å². The van der Waals surface area contributed by atoms with Gasteiger partial charge in [-0.15, -0.1) is 0 Å². The van der Waals surface area contributed by atoms with Crippen LogP contribution in [0.25, 0.3) is 11.3 Å². The van der Waals surface area contributed by atoms with Crippen molar-refractivity contribution in [3.63, 3.8) is 0 Å². The number of rotatable bonds is 1. The SMILES string of the molecule is Cc1cc(C)c(C#N)c(-c2ccc3c(c2)OCO3)n1. The molecule has 3 rings (SSSR count). The van der Waals surface area contributed by atoms with Gasteiger partial charge in [0, 0.05) is 11.3 Å². The predicted molar refractivity (Wildman–Crippen MR) is 70.0 cm³/mol. The normalized spacial score (nSPS) is 12.3. The van der Waals surface area contributed by atoms with Crippen molar-refractivity contribution in [2.24, 2.45) is 0 Å². The average Bonchev–Trinajstić information content (AvgIpc) is 2.85. The summed E-state index contributed by atoms with van der Waals surface area (Å²) in [5, 5.41) is 9.30. The fraction of sp³-hybridized carbons (Fsp3) is 0.200. The van der Waals surface area contributed by atoms with Gasteiger partial charge in [0.25, 0.3) is 0 Å². The monoisotopic (exact) mass is 252 g/mol. The zero-order chi connectivity index (χ0) is 13.4. The van der Waals surface area contributed by atoms with Crippen molar-refractivity contribution in [1.29, 1.82) is 5.26 Å². The first-order valence-corrected chi connectivity index (χ1v) is 5.97. The Labute approximate surface area is 111 Å². The Hall–Kier alpha value is -2.54. The van der Waals surface area contributed by atoms with E-state index in [1.807, 2.05) is 38.1 Å². The molecule has 0 saturated heterocycles. The quantitative estimate of drug-likeness (QED) is 0.783. The van der Waals surface area contributed by atoms with Crippen LogP contribution in [0.2, 0.25) is 0 Å². The molecule has 0 amide bonds. The average molecular weight is 252 g/mol. The second kappa shape index (κ2) is 4.29. The van der Waals surface area contributed by atoms with Crippen molar-refractivity contribution < 1.29 is 9.47 Å². The fourth-order valence-corrected chi connectivity index (χ4v) is 2.23. The summed E-state index contributed by atoms with van der Waals surface area (Å²) in [7, 11) is 0. The molecule has 1 aliphatic heterocycles. The minimum Gasteiger partial charge on any atom is -0.454 e. The van der Waals surface area contributed by atoms with Gasteiger partial charge in [-0.2, -0.15) is 5.26 Å². The van der Waals surface area contributed by atoms with Gasteiger partial charge in [0.1, 0.15) is 6.07 Å². The van der Waals surface area contributed by atoms with Crippen molar-refractivity contribution >= 4 is 0 Å². The summed E-state index contributed by atoms with van der Waals surface area (Å²) in [6.45, 7) is 4.08. The Morgan fingerprint density at radius 1 is 1.16 bits per heavy atom. The van der Waals surface area contributed by atoms with Crippen LogP contribution in [0.15, 0.2) is 24.3 Å². The van der Waals surface area contributed by atoms with Gasteiger partial charge >= 0.3 is 0 Å². The number of aryl methyl sites for hydroxylation is 2. The standard InChI is InChI=1S/C15H12N2O2/c1-9-5-10(2)17-15(12(9)7-16)11-3-4-13-14(6-11)19-8-18-13/h3-6H,8H2,1-2H3. The Bertz CT molecular complexity index is 702. The molecule has 0 atom stereocenters. The van der Waals surface area contributed by atoms with Crippen LogP contribution in [-0.4, -0.2) is 11.8 Å². The molecule has 0 fully saturated rings. The van der Waals surface area contributed by atoms with Gasteiger partial charge in [0.2, 0.25) is 6.79 Å². The minimum absolute atomic E-state index is 0.240. The van der Waals surface area contributed by atoms with E-state index >= 15 is 0 Å². The van der Waals surface area contributed by atoms with Crippen LogP contribution < -0.4 is 9.47 Å². The van der Waals surface area contributed by atoms with E-state index in [2.05, 4.69) is 11.1 Å². The summed E-state index contributed by atoms with van der Waals surface area (Å²) in [5.41, 5.74) is 3.99. The zero-order valence-corrected chi connectivity index (χ0v) is 10.7. The molecule has 0 spiro atoms. The van der Waals surface area contributed by atoms with E-state index in [-0.39, 0.29) is 6.79 Å². The van der Waals surface area contributed by atoms with E-state index in [0.717, 1.165) is 22.6 Å². The number of hydrogen-bond acceptors (Lipinski definition) is 4. The van der Waals surface area contributed by atoms with Gasteiger partial charge in [0.05, 0.1) is 11.3 Å². The highest BCUT2D eigenvalue weighted by Gasteiger charge is 2.17. The number of ether oxygens (including phenoxy) is 2. The number of hydrogen-bond donors (Lipinski definition) is 0. The largest absolute Gasteiger partial charge is 0.454 e. The van der Waals surface area contributed by atoms with Crippen LogP contribution in [0.4, 0.5) is 0 Å². The first kappa shape index (κ1) is 11.5. The maximum atomic E-state index is 9.30. The minimum atomic E-state index is 0.240. The van der Waals surface area contributed by atoms with E-state index < -0.39 is 0 Å². The van der Waals surface area contributed by atoms with Crippen LogP contribution in [0.1, 0.15) is 16.8 Å². The Kier molecular flexibility index (Phi) is 2.60. The van der Waals surface area contributed by atoms with Gasteiger partial charge in [-0.25, -0.2) is 0 Å². The Morgan fingerprint density at radius 3 is 2.74 bits per heavy atom. The van der Waals surface area contributed by atoms with Crippen LogP contribution in [-0.2, 0) is 0 Å². The molecule has 0 N–H and O–H groups in total. The van der Waals surface area contributed by atoms with Gasteiger partial charge in [0.15, 0.2) is 11.5 Å². The number of pyridine rings is 1. The fourth-order valence-electron chi connectivity index (χ4n) is 2.23. The third-order valence-electron chi connectivity index (χ3n) is 3.10. The smallest absolute Gasteiger partial charge is 0.231 e. The van der Waals surface area contributed by atoms with Crippen molar-refractivity contribution in [3.05, 3.63) is 41.1 Å². The van der Waals surface area contributed by atoms with Crippen molar-refractivity contribution in [2.45, 2.75) is 13.8 Å². The van der Waals surface area contributed by atoms with E-state index in [1.165, 1.54) is 0 Å². The molecule has 19 heavy (non-hydrogen) atoms. The van der Waals surface area contributed by atoms with Gasteiger partial charge < -0.3 is 9.47 Å². The highest BCUT2D eigenvalue weighted by Crippen LogP contribution is 2.36.